The smallest absolute Gasteiger partial charge is 0.287 e. The molecule has 2 heterocycles. The van der Waals surface area contributed by atoms with Crippen molar-refractivity contribution < 1.29 is 4.92 Å². The topological polar surface area (TPSA) is 96.7 Å². The van der Waals surface area contributed by atoms with Gasteiger partial charge in [0.2, 0.25) is 0 Å². The molecule has 0 radical (unpaired) electrons. The Bertz CT molecular complexity index is 494. The first-order valence-corrected chi connectivity index (χ1v) is 5.02. The Hall–Kier alpha value is -2.44. The van der Waals surface area contributed by atoms with E-state index >= 15 is 0 Å². The van der Waals surface area contributed by atoms with Gasteiger partial charge < -0.3 is 5.32 Å². The molecule has 0 saturated carbocycles. The fourth-order valence-electron chi connectivity index (χ4n) is 1.38. The van der Waals surface area contributed by atoms with Crippen molar-refractivity contribution in [2.75, 3.05) is 5.32 Å². The fourth-order valence-corrected chi connectivity index (χ4v) is 1.38. The van der Waals surface area contributed by atoms with Gasteiger partial charge in [-0.05, 0) is 13.0 Å². The number of nitro groups is 1. The van der Waals surface area contributed by atoms with Crippen molar-refractivity contribution in [3.63, 3.8) is 0 Å². The summed E-state index contributed by atoms with van der Waals surface area (Å²) in [6.07, 6.45) is 4.72. The van der Waals surface area contributed by atoms with Gasteiger partial charge in [0.15, 0.2) is 0 Å². The summed E-state index contributed by atoms with van der Waals surface area (Å²) < 4.78 is 0. The minimum absolute atomic E-state index is 0.0217. The Morgan fingerprint density at radius 3 is 2.82 bits per heavy atom. The lowest BCUT2D eigenvalue weighted by atomic mass is 10.2. The number of hydrogen-bond acceptors (Lipinski definition) is 5. The Morgan fingerprint density at radius 2 is 2.29 bits per heavy atom. The molecule has 2 aromatic rings. The highest BCUT2D eigenvalue weighted by molar-refractivity contribution is 5.41. The summed E-state index contributed by atoms with van der Waals surface area (Å²) >= 11 is 0. The first-order valence-electron chi connectivity index (χ1n) is 5.02. The maximum atomic E-state index is 10.5. The van der Waals surface area contributed by atoms with E-state index in [1.165, 1.54) is 12.3 Å². The maximum Gasteiger partial charge on any atom is 0.287 e. The van der Waals surface area contributed by atoms with Crippen molar-refractivity contribution in [1.29, 1.82) is 0 Å². The van der Waals surface area contributed by atoms with E-state index in [2.05, 4.69) is 20.5 Å². The van der Waals surface area contributed by atoms with Crippen LogP contribution in [0.5, 0.6) is 0 Å². The molecule has 1 atom stereocenters. The first-order chi connectivity index (χ1) is 8.16. The second kappa shape index (κ2) is 4.60. The quantitative estimate of drug-likeness (QED) is 0.620. The maximum absolute atomic E-state index is 10.5. The van der Waals surface area contributed by atoms with Crippen LogP contribution in [0.1, 0.15) is 18.5 Å². The summed E-state index contributed by atoms with van der Waals surface area (Å²) in [5, 5.41) is 20.1. The second-order valence-electron chi connectivity index (χ2n) is 3.56. The predicted molar refractivity (Wildman–Crippen MR) is 61.5 cm³/mol. The highest BCUT2D eigenvalue weighted by Gasteiger charge is 2.09. The number of aromatic nitrogens is 3. The van der Waals surface area contributed by atoms with E-state index in [9.17, 15) is 10.1 Å². The van der Waals surface area contributed by atoms with Gasteiger partial charge in [-0.3, -0.25) is 15.2 Å². The third-order valence-electron chi connectivity index (χ3n) is 2.34. The van der Waals surface area contributed by atoms with Crippen LogP contribution in [0.2, 0.25) is 0 Å². The summed E-state index contributed by atoms with van der Waals surface area (Å²) in [6, 6.07) is 3.02. The standard InChI is InChI=1S/C10H11N5O2/c1-7(8-4-12-13-5-8)14-10-3-2-9(6-11-10)15(16)17/h2-7H,1H3,(H,11,14)(H,12,13). The second-order valence-corrected chi connectivity index (χ2v) is 3.56. The Balaban J connectivity index is 2.06. The van der Waals surface area contributed by atoms with Gasteiger partial charge >= 0.3 is 0 Å². The number of nitrogens with zero attached hydrogens (tertiary/aromatic N) is 3. The number of aromatic amines is 1. The average Bonchev–Trinajstić information content (AvgIpc) is 2.83. The van der Waals surface area contributed by atoms with E-state index in [0.29, 0.717) is 5.82 Å². The summed E-state index contributed by atoms with van der Waals surface area (Å²) in [6.45, 7) is 1.95. The van der Waals surface area contributed by atoms with Gasteiger partial charge in [-0.25, -0.2) is 4.98 Å². The molecule has 7 heteroatoms. The number of H-pyrrole nitrogens is 1. The van der Waals surface area contributed by atoms with Crippen LogP contribution in [0.25, 0.3) is 0 Å². The Morgan fingerprint density at radius 1 is 1.47 bits per heavy atom. The first kappa shape index (κ1) is 11.1. The zero-order valence-electron chi connectivity index (χ0n) is 9.12. The lowest BCUT2D eigenvalue weighted by molar-refractivity contribution is -0.385. The lowest BCUT2D eigenvalue weighted by Gasteiger charge is -2.11. The summed E-state index contributed by atoms with van der Waals surface area (Å²) in [7, 11) is 0. The molecule has 0 aliphatic carbocycles. The minimum Gasteiger partial charge on any atom is -0.363 e. The van der Waals surface area contributed by atoms with Gasteiger partial charge in [-0.2, -0.15) is 5.10 Å². The van der Waals surface area contributed by atoms with Crippen LogP contribution in [0, 0.1) is 10.1 Å². The molecule has 17 heavy (non-hydrogen) atoms. The van der Waals surface area contributed by atoms with Gasteiger partial charge in [0.25, 0.3) is 5.69 Å². The van der Waals surface area contributed by atoms with E-state index in [-0.39, 0.29) is 11.7 Å². The van der Waals surface area contributed by atoms with E-state index in [0.717, 1.165) is 5.56 Å². The Kier molecular flexibility index (Phi) is 2.99. The molecule has 7 nitrogen and oxygen atoms in total. The molecule has 0 aromatic carbocycles. The average molecular weight is 233 g/mol. The van der Waals surface area contributed by atoms with Crippen molar-refractivity contribution >= 4 is 11.5 Å². The minimum atomic E-state index is -0.476. The normalized spacial score (nSPS) is 12.1. The van der Waals surface area contributed by atoms with Crippen LogP contribution < -0.4 is 5.32 Å². The number of pyridine rings is 1. The molecule has 0 saturated heterocycles. The number of hydrogen-bond donors (Lipinski definition) is 2. The molecular weight excluding hydrogens is 222 g/mol. The van der Waals surface area contributed by atoms with Crippen LogP contribution in [-0.4, -0.2) is 20.1 Å². The zero-order chi connectivity index (χ0) is 12.3. The molecule has 0 amide bonds. The van der Waals surface area contributed by atoms with Gasteiger partial charge in [0, 0.05) is 17.8 Å². The lowest BCUT2D eigenvalue weighted by Crippen LogP contribution is -2.07. The van der Waals surface area contributed by atoms with E-state index in [1.807, 2.05) is 6.92 Å². The van der Waals surface area contributed by atoms with Gasteiger partial charge in [0.05, 0.1) is 17.2 Å². The summed E-state index contributed by atoms with van der Waals surface area (Å²) in [5.41, 5.74) is 0.969. The monoisotopic (exact) mass is 233 g/mol. The van der Waals surface area contributed by atoms with Crippen molar-refractivity contribution in [1.82, 2.24) is 15.2 Å². The van der Waals surface area contributed by atoms with E-state index in [4.69, 9.17) is 0 Å². The molecule has 0 aliphatic heterocycles. The Labute approximate surface area is 97.0 Å². The molecule has 2 rings (SSSR count). The van der Waals surface area contributed by atoms with Crippen molar-refractivity contribution in [2.24, 2.45) is 0 Å². The van der Waals surface area contributed by atoms with Crippen molar-refractivity contribution in [3.8, 4) is 0 Å². The third kappa shape index (κ3) is 2.57. The molecule has 0 fully saturated rings. The van der Waals surface area contributed by atoms with E-state index < -0.39 is 4.92 Å². The van der Waals surface area contributed by atoms with Crippen molar-refractivity contribution in [3.05, 3.63) is 46.4 Å². The molecule has 0 bridgehead atoms. The van der Waals surface area contributed by atoms with Gasteiger partial charge in [-0.15, -0.1) is 0 Å². The van der Waals surface area contributed by atoms with E-state index in [1.54, 1.807) is 18.5 Å². The molecule has 0 spiro atoms. The molecule has 1 unspecified atom stereocenters. The predicted octanol–water partition coefficient (Wildman–Crippen LogP) is 1.89. The van der Waals surface area contributed by atoms with Crippen LogP contribution in [0.4, 0.5) is 11.5 Å². The van der Waals surface area contributed by atoms with Crippen LogP contribution >= 0.6 is 0 Å². The highest BCUT2D eigenvalue weighted by atomic mass is 16.6. The van der Waals surface area contributed by atoms with Gasteiger partial charge in [-0.1, -0.05) is 0 Å². The summed E-state index contributed by atoms with van der Waals surface area (Å²) in [4.78, 5) is 13.9. The molecule has 88 valence electrons. The molecular formula is C10H11N5O2. The van der Waals surface area contributed by atoms with Crippen LogP contribution in [0.15, 0.2) is 30.7 Å². The molecule has 2 N–H and O–H groups in total. The number of nitrogens with one attached hydrogen (secondary N) is 2. The van der Waals surface area contributed by atoms with Crippen LogP contribution in [0.3, 0.4) is 0 Å². The van der Waals surface area contributed by atoms with Crippen molar-refractivity contribution in [2.45, 2.75) is 13.0 Å². The summed E-state index contributed by atoms with van der Waals surface area (Å²) in [5.74, 6) is 0.587. The largest absolute Gasteiger partial charge is 0.363 e. The van der Waals surface area contributed by atoms with Gasteiger partial charge in [0.1, 0.15) is 12.0 Å². The fraction of sp³-hybridized carbons (Fsp3) is 0.200. The highest BCUT2D eigenvalue weighted by Crippen LogP contribution is 2.18. The SMILES string of the molecule is CC(Nc1ccc([N+](=O)[O-])cn1)c1cn[nH]c1. The van der Waals surface area contributed by atoms with Crippen LogP contribution in [-0.2, 0) is 0 Å². The zero-order valence-corrected chi connectivity index (χ0v) is 9.12. The third-order valence-corrected chi connectivity index (χ3v) is 2.34. The number of anilines is 1. The number of rotatable bonds is 4. The molecule has 2 aromatic heterocycles. The molecule has 0 aliphatic rings.